The van der Waals surface area contributed by atoms with Crippen molar-refractivity contribution in [1.82, 2.24) is 0 Å². The van der Waals surface area contributed by atoms with Crippen molar-refractivity contribution in [3.05, 3.63) is 35.4 Å². The van der Waals surface area contributed by atoms with Crippen LogP contribution < -0.4 is 5.73 Å². The van der Waals surface area contributed by atoms with E-state index in [4.69, 9.17) is 10.5 Å². The molecule has 0 heterocycles. The average Bonchev–Trinajstić information content (AvgIpc) is 2.82. The van der Waals surface area contributed by atoms with Gasteiger partial charge in [-0.2, -0.15) is 0 Å². The summed E-state index contributed by atoms with van der Waals surface area (Å²) in [5, 5.41) is 0. The summed E-state index contributed by atoms with van der Waals surface area (Å²) in [4.78, 5) is 0. The van der Waals surface area contributed by atoms with Gasteiger partial charge in [0.25, 0.3) is 0 Å². The highest BCUT2D eigenvalue weighted by Gasteiger charge is 2.14. The van der Waals surface area contributed by atoms with Gasteiger partial charge in [-0.1, -0.05) is 37.1 Å². The molecule has 0 atom stereocenters. The van der Waals surface area contributed by atoms with Gasteiger partial charge < -0.3 is 10.5 Å². The van der Waals surface area contributed by atoms with Crippen LogP contribution in [0.2, 0.25) is 0 Å². The van der Waals surface area contributed by atoms with Gasteiger partial charge in [0, 0.05) is 0 Å². The fourth-order valence-corrected chi connectivity index (χ4v) is 2.24. The summed E-state index contributed by atoms with van der Waals surface area (Å²) >= 11 is 0. The number of rotatable bonds is 5. The van der Waals surface area contributed by atoms with E-state index in [9.17, 15) is 0 Å². The van der Waals surface area contributed by atoms with Crippen molar-refractivity contribution < 1.29 is 4.74 Å². The first-order chi connectivity index (χ1) is 7.88. The molecule has 2 N–H and O–H groups in total. The second-order valence-corrected chi connectivity index (χ2v) is 4.57. The molecule has 2 heteroatoms. The second kappa shape index (κ2) is 6.02. The molecule has 1 aliphatic rings. The van der Waals surface area contributed by atoms with E-state index in [0.29, 0.717) is 6.10 Å². The molecule has 1 aromatic rings. The van der Waals surface area contributed by atoms with E-state index < -0.39 is 0 Å². The minimum atomic E-state index is 0.503. The molecule has 0 aromatic heterocycles. The third kappa shape index (κ3) is 3.32. The number of hydrogen-bond donors (Lipinski definition) is 1. The Hall–Kier alpha value is -0.860. The lowest BCUT2D eigenvalue weighted by Gasteiger charge is -2.11. The van der Waals surface area contributed by atoms with Crippen molar-refractivity contribution in [3.63, 3.8) is 0 Å². The molecule has 0 bridgehead atoms. The van der Waals surface area contributed by atoms with E-state index in [1.54, 1.807) is 0 Å². The van der Waals surface area contributed by atoms with Gasteiger partial charge in [-0.05, 0) is 36.9 Å². The van der Waals surface area contributed by atoms with E-state index in [0.717, 1.165) is 19.6 Å². The average molecular weight is 219 g/mol. The molecule has 1 saturated carbocycles. The highest BCUT2D eigenvalue weighted by atomic mass is 16.5. The van der Waals surface area contributed by atoms with Crippen LogP contribution in [0.5, 0.6) is 0 Å². The van der Waals surface area contributed by atoms with Gasteiger partial charge >= 0.3 is 0 Å². The Morgan fingerprint density at radius 1 is 1.06 bits per heavy atom. The molecule has 1 fully saturated rings. The maximum atomic E-state index is 5.86. The maximum absolute atomic E-state index is 5.86. The topological polar surface area (TPSA) is 35.2 Å². The van der Waals surface area contributed by atoms with Crippen molar-refractivity contribution in [1.29, 1.82) is 0 Å². The molecule has 0 aliphatic heterocycles. The van der Waals surface area contributed by atoms with Crippen LogP contribution >= 0.6 is 0 Å². The van der Waals surface area contributed by atoms with Crippen LogP contribution in [0, 0.1) is 0 Å². The van der Waals surface area contributed by atoms with E-state index >= 15 is 0 Å². The molecule has 0 radical (unpaired) electrons. The highest BCUT2D eigenvalue weighted by molar-refractivity contribution is 5.22. The largest absolute Gasteiger partial charge is 0.374 e. The summed E-state index contributed by atoms with van der Waals surface area (Å²) in [6.45, 7) is 1.48. The van der Waals surface area contributed by atoms with E-state index in [-0.39, 0.29) is 0 Å². The van der Waals surface area contributed by atoms with Gasteiger partial charge in [-0.3, -0.25) is 0 Å². The van der Waals surface area contributed by atoms with Crippen molar-refractivity contribution in [2.75, 3.05) is 6.54 Å². The molecule has 2 nitrogen and oxygen atoms in total. The standard InChI is InChI=1S/C14H21NO/c15-10-9-12-5-7-13(8-6-12)11-16-14-3-1-2-4-14/h5-8,14H,1-4,9-11,15H2. The van der Waals surface area contributed by atoms with Gasteiger partial charge in [0.15, 0.2) is 0 Å². The molecular weight excluding hydrogens is 198 g/mol. The summed E-state index contributed by atoms with van der Waals surface area (Å²) in [6.07, 6.45) is 6.62. The van der Waals surface area contributed by atoms with Crippen LogP contribution in [-0.4, -0.2) is 12.6 Å². The highest BCUT2D eigenvalue weighted by Crippen LogP contribution is 2.22. The Kier molecular flexibility index (Phi) is 4.37. The third-order valence-electron chi connectivity index (χ3n) is 3.24. The van der Waals surface area contributed by atoms with Gasteiger partial charge in [-0.25, -0.2) is 0 Å². The molecule has 16 heavy (non-hydrogen) atoms. The number of hydrogen-bond acceptors (Lipinski definition) is 2. The summed E-state index contributed by atoms with van der Waals surface area (Å²) in [7, 11) is 0. The predicted octanol–water partition coefficient (Wildman–Crippen LogP) is 2.65. The molecule has 1 aliphatic carbocycles. The first kappa shape index (κ1) is 11.6. The van der Waals surface area contributed by atoms with Crippen LogP contribution in [0.25, 0.3) is 0 Å². The lowest BCUT2D eigenvalue weighted by Crippen LogP contribution is -2.07. The van der Waals surface area contributed by atoms with Crippen molar-refractivity contribution in [2.45, 2.75) is 44.8 Å². The quantitative estimate of drug-likeness (QED) is 0.826. The summed E-state index contributed by atoms with van der Waals surface area (Å²) in [5.74, 6) is 0. The van der Waals surface area contributed by atoms with E-state index in [1.807, 2.05) is 0 Å². The number of ether oxygens (including phenoxy) is 1. The Bertz CT molecular complexity index is 301. The SMILES string of the molecule is NCCc1ccc(COC2CCCC2)cc1. The molecule has 1 aromatic carbocycles. The normalized spacial score (nSPS) is 16.8. The van der Waals surface area contributed by atoms with E-state index in [2.05, 4.69) is 24.3 Å². The number of nitrogens with two attached hydrogens (primary N) is 1. The van der Waals surface area contributed by atoms with Gasteiger partial charge in [0.1, 0.15) is 0 Å². The van der Waals surface area contributed by atoms with Crippen molar-refractivity contribution in [2.24, 2.45) is 5.73 Å². The van der Waals surface area contributed by atoms with E-state index in [1.165, 1.54) is 36.8 Å². The third-order valence-corrected chi connectivity index (χ3v) is 3.24. The first-order valence-corrected chi connectivity index (χ1v) is 6.28. The van der Waals surface area contributed by atoms with Crippen LogP contribution in [0.3, 0.4) is 0 Å². The summed E-state index contributed by atoms with van der Waals surface area (Å²) in [5.41, 5.74) is 8.10. The minimum Gasteiger partial charge on any atom is -0.374 e. The molecule has 0 saturated heterocycles. The van der Waals surface area contributed by atoms with Crippen LogP contribution in [0.4, 0.5) is 0 Å². The zero-order valence-corrected chi connectivity index (χ0v) is 9.82. The predicted molar refractivity (Wildman–Crippen MR) is 66.2 cm³/mol. The Balaban J connectivity index is 1.80. The molecule has 0 spiro atoms. The Morgan fingerprint density at radius 2 is 1.69 bits per heavy atom. The van der Waals surface area contributed by atoms with Gasteiger partial charge in [0.05, 0.1) is 12.7 Å². The van der Waals surface area contributed by atoms with Crippen LogP contribution in [0.15, 0.2) is 24.3 Å². The minimum absolute atomic E-state index is 0.503. The zero-order valence-electron chi connectivity index (χ0n) is 9.82. The van der Waals surface area contributed by atoms with Gasteiger partial charge in [0.2, 0.25) is 0 Å². The fraction of sp³-hybridized carbons (Fsp3) is 0.571. The Morgan fingerprint density at radius 3 is 2.31 bits per heavy atom. The van der Waals surface area contributed by atoms with Crippen molar-refractivity contribution >= 4 is 0 Å². The summed E-state index contributed by atoms with van der Waals surface area (Å²) < 4.78 is 5.86. The molecular formula is C14H21NO. The second-order valence-electron chi connectivity index (χ2n) is 4.57. The zero-order chi connectivity index (χ0) is 11.2. The lowest BCUT2D eigenvalue weighted by atomic mass is 10.1. The lowest BCUT2D eigenvalue weighted by molar-refractivity contribution is 0.0457. The van der Waals surface area contributed by atoms with Gasteiger partial charge in [-0.15, -0.1) is 0 Å². The monoisotopic (exact) mass is 219 g/mol. The maximum Gasteiger partial charge on any atom is 0.0720 e. The smallest absolute Gasteiger partial charge is 0.0720 e. The first-order valence-electron chi connectivity index (χ1n) is 6.28. The Labute approximate surface area is 97.8 Å². The molecule has 0 amide bonds. The van der Waals surface area contributed by atoms with Crippen molar-refractivity contribution in [3.8, 4) is 0 Å². The molecule has 88 valence electrons. The molecule has 2 rings (SSSR count). The molecule has 0 unspecified atom stereocenters. The fourth-order valence-electron chi connectivity index (χ4n) is 2.24. The van der Waals surface area contributed by atoms with Crippen LogP contribution in [-0.2, 0) is 17.8 Å². The summed E-state index contributed by atoms with van der Waals surface area (Å²) in [6, 6.07) is 8.61. The number of benzene rings is 1. The van der Waals surface area contributed by atoms with Crippen LogP contribution in [0.1, 0.15) is 36.8 Å².